The number of carboxylic acids is 1. The predicted octanol–water partition coefficient (Wildman–Crippen LogP) is 4.96. The average Bonchev–Trinajstić information content (AvgIpc) is 3.37. The van der Waals surface area contributed by atoms with Crippen LogP contribution in [0.15, 0.2) is 46.9 Å². The number of methoxy groups -OCH3 is 1. The second kappa shape index (κ2) is 6.47. The largest absolute Gasteiger partial charge is 0.497 e. The lowest BCUT2D eigenvalue weighted by Crippen LogP contribution is -2.04. The van der Waals surface area contributed by atoms with E-state index in [-0.39, 0.29) is 11.8 Å². The molecule has 134 valence electrons. The fourth-order valence-electron chi connectivity index (χ4n) is 3.87. The first-order valence-corrected chi connectivity index (χ1v) is 9.43. The molecule has 1 aromatic heterocycles. The minimum Gasteiger partial charge on any atom is -0.497 e. The molecule has 0 aliphatic heterocycles. The summed E-state index contributed by atoms with van der Waals surface area (Å²) in [6.45, 7) is 2.83. The van der Waals surface area contributed by atoms with Crippen LogP contribution in [0, 0.1) is 12.8 Å². The van der Waals surface area contributed by atoms with Gasteiger partial charge in [-0.25, -0.2) is 0 Å². The number of nitrogens with zero attached hydrogens (tertiary/aromatic N) is 1. The van der Waals surface area contributed by atoms with Crippen LogP contribution in [0.25, 0.3) is 10.9 Å². The van der Waals surface area contributed by atoms with E-state index in [0.29, 0.717) is 6.42 Å². The molecule has 0 spiro atoms. The van der Waals surface area contributed by atoms with E-state index in [2.05, 4.69) is 39.6 Å². The highest BCUT2D eigenvalue weighted by Gasteiger charge is 2.46. The van der Waals surface area contributed by atoms with Gasteiger partial charge in [-0.05, 0) is 48.7 Å². The maximum absolute atomic E-state index is 11.4. The standard InChI is InChI=1S/C21H20BrNO3/c1-12-20(15-10-16(15)21(24)25)17-9-14(26-2)7-8-19(17)23(12)11-13-5-3-4-6-18(13)22/h3-9,15-16H,10-11H2,1-2H3,(H,24,25). The summed E-state index contributed by atoms with van der Waals surface area (Å²) in [4.78, 5) is 11.4. The molecule has 1 N–H and O–H groups in total. The van der Waals surface area contributed by atoms with Crippen LogP contribution in [0.4, 0.5) is 0 Å². The zero-order valence-electron chi connectivity index (χ0n) is 14.7. The zero-order valence-corrected chi connectivity index (χ0v) is 16.3. The van der Waals surface area contributed by atoms with Crippen molar-refractivity contribution in [1.82, 2.24) is 4.57 Å². The third-order valence-corrected chi connectivity index (χ3v) is 6.12. The van der Waals surface area contributed by atoms with Crippen LogP contribution < -0.4 is 4.74 Å². The third kappa shape index (κ3) is 2.80. The number of halogens is 1. The van der Waals surface area contributed by atoms with E-state index in [4.69, 9.17) is 4.74 Å². The minimum atomic E-state index is -0.705. The number of aliphatic carboxylic acids is 1. The molecule has 2 aromatic carbocycles. The molecule has 1 fully saturated rings. The normalized spacial score (nSPS) is 18.9. The number of ether oxygens (including phenoxy) is 1. The van der Waals surface area contributed by atoms with E-state index in [9.17, 15) is 9.90 Å². The maximum atomic E-state index is 11.4. The summed E-state index contributed by atoms with van der Waals surface area (Å²) in [5, 5.41) is 10.5. The van der Waals surface area contributed by atoms with Crippen molar-refractivity contribution >= 4 is 32.8 Å². The van der Waals surface area contributed by atoms with E-state index in [1.807, 2.05) is 30.3 Å². The van der Waals surface area contributed by atoms with Crippen molar-refractivity contribution in [2.24, 2.45) is 5.92 Å². The Bertz CT molecular complexity index is 1010. The molecule has 3 aromatic rings. The summed E-state index contributed by atoms with van der Waals surface area (Å²) in [7, 11) is 1.66. The van der Waals surface area contributed by atoms with E-state index in [0.717, 1.165) is 38.9 Å². The van der Waals surface area contributed by atoms with Gasteiger partial charge in [0.15, 0.2) is 0 Å². The quantitative estimate of drug-likeness (QED) is 0.642. The van der Waals surface area contributed by atoms with Gasteiger partial charge in [0.1, 0.15) is 5.75 Å². The molecule has 2 unspecified atom stereocenters. The van der Waals surface area contributed by atoms with Crippen LogP contribution in [0.2, 0.25) is 0 Å². The zero-order chi connectivity index (χ0) is 18.4. The predicted molar refractivity (Wildman–Crippen MR) is 105 cm³/mol. The molecule has 0 bridgehead atoms. The first kappa shape index (κ1) is 17.2. The Hall–Kier alpha value is -2.27. The van der Waals surface area contributed by atoms with Crippen LogP contribution >= 0.6 is 15.9 Å². The Balaban J connectivity index is 1.87. The summed E-state index contributed by atoms with van der Waals surface area (Å²) >= 11 is 3.63. The smallest absolute Gasteiger partial charge is 0.307 e. The number of carbonyl (C=O) groups is 1. The average molecular weight is 414 g/mol. The van der Waals surface area contributed by atoms with Crippen molar-refractivity contribution in [1.29, 1.82) is 0 Å². The Kier molecular flexibility index (Phi) is 4.27. The fourth-order valence-corrected chi connectivity index (χ4v) is 4.28. The minimum absolute atomic E-state index is 0.0857. The van der Waals surface area contributed by atoms with Gasteiger partial charge in [-0.1, -0.05) is 34.1 Å². The van der Waals surface area contributed by atoms with Gasteiger partial charge in [0.25, 0.3) is 0 Å². The summed E-state index contributed by atoms with van der Waals surface area (Å²) in [6, 6.07) is 14.3. The van der Waals surface area contributed by atoms with Gasteiger partial charge in [0.2, 0.25) is 0 Å². The molecule has 26 heavy (non-hydrogen) atoms. The highest BCUT2D eigenvalue weighted by Crippen LogP contribution is 2.52. The van der Waals surface area contributed by atoms with E-state index >= 15 is 0 Å². The molecule has 1 aliphatic carbocycles. The highest BCUT2D eigenvalue weighted by molar-refractivity contribution is 9.10. The van der Waals surface area contributed by atoms with Gasteiger partial charge in [-0.15, -0.1) is 0 Å². The van der Waals surface area contributed by atoms with Crippen LogP contribution in [0.5, 0.6) is 5.75 Å². The molecule has 2 atom stereocenters. The molecule has 1 heterocycles. The SMILES string of the molecule is COc1ccc2c(c1)c(C1CC1C(=O)O)c(C)n2Cc1ccccc1Br. The van der Waals surface area contributed by atoms with Gasteiger partial charge in [-0.2, -0.15) is 0 Å². The lowest BCUT2D eigenvalue weighted by atomic mass is 10.0. The van der Waals surface area contributed by atoms with Gasteiger partial charge >= 0.3 is 5.97 Å². The van der Waals surface area contributed by atoms with Crippen LogP contribution in [0.3, 0.4) is 0 Å². The Labute approximate surface area is 160 Å². The van der Waals surface area contributed by atoms with Crippen molar-refractivity contribution in [2.45, 2.75) is 25.8 Å². The van der Waals surface area contributed by atoms with Gasteiger partial charge < -0.3 is 14.4 Å². The van der Waals surface area contributed by atoms with Crippen LogP contribution in [0.1, 0.15) is 29.2 Å². The molecule has 4 nitrogen and oxygen atoms in total. The fraction of sp³-hybridized carbons (Fsp3) is 0.286. The Morgan fingerprint density at radius 2 is 2.08 bits per heavy atom. The lowest BCUT2D eigenvalue weighted by Gasteiger charge is -2.11. The summed E-state index contributed by atoms with van der Waals surface area (Å²) < 4.78 is 8.76. The molecule has 0 saturated heterocycles. The summed E-state index contributed by atoms with van der Waals surface area (Å²) in [6.07, 6.45) is 0.710. The summed E-state index contributed by atoms with van der Waals surface area (Å²) in [5.74, 6) is -0.0988. The van der Waals surface area contributed by atoms with Crippen molar-refractivity contribution in [3.63, 3.8) is 0 Å². The first-order valence-electron chi connectivity index (χ1n) is 8.64. The molecule has 1 aliphatic rings. The van der Waals surface area contributed by atoms with E-state index < -0.39 is 5.97 Å². The number of rotatable bonds is 5. The number of hydrogen-bond acceptors (Lipinski definition) is 2. The molecule has 4 rings (SSSR count). The van der Waals surface area contributed by atoms with E-state index in [1.165, 1.54) is 5.56 Å². The lowest BCUT2D eigenvalue weighted by molar-refractivity contribution is -0.138. The van der Waals surface area contributed by atoms with Gasteiger partial charge in [0.05, 0.1) is 13.0 Å². The first-order chi connectivity index (χ1) is 12.5. The molecule has 0 radical (unpaired) electrons. The number of fused-ring (bicyclic) bond motifs is 1. The van der Waals surface area contributed by atoms with Crippen molar-refractivity contribution < 1.29 is 14.6 Å². The third-order valence-electron chi connectivity index (χ3n) is 5.34. The monoisotopic (exact) mass is 413 g/mol. The topological polar surface area (TPSA) is 51.5 Å². The van der Waals surface area contributed by atoms with Crippen LogP contribution in [-0.2, 0) is 11.3 Å². The second-order valence-corrected chi connectivity index (χ2v) is 7.70. The van der Waals surface area contributed by atoms with E-state index in [1.54, 1.807) is 7.11 Å². The van der Waals surface area contributed by atoms with Crippen molar-refractivity contribution in [3.8, 4) is 5.75 Å². The Morgan fingerprint density at radius 3 is 2.73 bits per heavy atom. The molecular weight excluding hydrogens is 394 g/mol. The molecule has 0 amide bonds. The van der Waals surface area contributed by atoms with Crippen LogP contribution in [-0.4, -0.2) is 22.8 Å². The molecule has 1 saturated carbocycles. The summed E-state index contributed by atoms with van der Waals surface area (Å²) in [5.41, 5.74) is 4.60. The molecule has 5 heteroatoms. The number of carboxylic acid groups (broad SMARTS) is 1. The number of hydrogen-bond donors (Lipinski definition) is 1. The van der Waals surface area contributed by atoms with Gasteiger partial charge in [-0.3, -0.25) is 4.79 Å². The number of aromatic nitrogens is 1. The second-order valence-electron chi connectivity index (χ2n) is 6.85. The van der Waals surface area contributed by atoms with Crippen molar-refractivity contribution in [3.05, 3.63) is 63.8 Å². The highest BCUT2D eigenvalue weighted by atomic mass is 79.9. The maximum Gasteiger partial charge on any atom is 0.307 e. The molecular formula is C21H20BrNO3. The number of benzene rings is 2. The van der Waals surface area contributed by atoms with Gasteiger partial charge in [0, 0.05) is 33.5 Å². The Morgan fingerprint density at radius 1 is 1.31 bits per heavy atom. The van der Waals surface area contributed by atoms with Crippen molar-refractivity contribution in [2.75, 3.05) is 7.11 Å².